The molecule has 0 spiro atoms. The molecule has 92 valence electrons. The van der Waals surface area contributed by atoms with E-state index in [2.05, 4.69) is 0 Å². The molecule has 5 heteroatoms. The molecule has 0 aliphatic carbocycles. The van der Waals surface area contributed by atoms with Crippen molar-refractivity contribution in [3.8, 4) is 0 Å². The van der Waals surface area contributed by atoms with Crippen LogP contribution in [0.5, 0.6) is 0 Å². The average molecular weight is 230 g/mol. The minimum atomic E-state index is -0.769. The molecule has 0 saturated carbocycles. The molecule has 0 N–H and O–H groups in total. The predicted octanol–water partition coefficient (Wildman–Crippen LogP) is 1.36. The minimum Gasteiger partial charge on any atom is -0.339 e. The first-order chi connectivity index (χ1) is 7.21. The average Bonchev–Trinajstić information content (AvgIpc) is 2.51. The lowest BCUT2D eigenvalue weighted by atomic mass is 10.1. The number of hydrogen-bond donors (Lipinski definition) is 0. The summed E-state index contributed by atoms with van der Waals surface area (Å²) in [5.41, 5.74) is 0. The van der Waals surface area contributed by atoms with Crippen molar-refractivity contribution in [2.24, 2.45) is 0 Å². The van der Waals surface area contributed by atoms with Crippen LogP contribution in [-0.2, 0) is 23.7 Å². The molecule has 0 aromatic carbocycles. The smallest absolute Gasteiger partial charge is 0.200 e. The standard InChI is InChI=1S/C11H18O5/c1-9(2)12-6-7-11(5,15-8(6)14-9)16-10(3,4)13-7/h6-8H,1-5H3/t6?,7-,8+,11-/m0/s1. The third-order valence-electron chi connectivity index (χ3n) is 3.11. The normalized spacial score (nSPS) is 52.7. The van der Waals surface area contributed by atoms with Crippen LogP contribution in [0.3, 0.4) is 0 Å². The Kier molecular flexibility index (Phi) is 1.90. The molecule has 0 aromatic heterocycles. The zero-order valence-electron chi connectivity index (χ0n) is 10.3. The second-order valence-electron chi connectivity index (χ2n) is 5.64. The lowest BCUT2D eigenvalue weighted by molar-refractivity contribution is -0.297. The highest BCUT2D eigenvalue weighted by Crippen LogP contribution is 2.50. The number of hydrogen-bond acceptors (Lipinski definition) is 5. The topological polar surface area (TPSA) is 46.2 Å². The first-order valence-corrected chi connectivity index (χ1v) is 5.62. The van der Waals surface area contributed by atoms with Gasteiger partial charge in [0, 0.05) is 0 Å². The lowest BCUT2D eigenvalue weighted by Gasteiger charge is -2.26. The molecule has 3 saturated heterocycles. The van der Waals surface area contributed by atoms with Gasteiger partial charge in [-0.15, -0.1) is 0 Å². The van der Waals surface area contributed by atoms with Gasteiger partial charge in [-0.3, -0.25) is 0 Å². The van der Waals surface area contributed by atoms with Crippen molar-refractivity contribution in [3.05, 3.63) is 0 Å². The number of fused-ring (bicyclic) bond motifs is 3. The molecular weight excluding hydrogens is 212 g/mol. The van der Waals surface area contributed by atoms with Gasteiger partial charge in [0.2, 0.25) is 5.79 Å². The molecule has 3 aliphatic heterocycles. The predicted molar refractivity (Wildman–Crippen MR) is 53.4 cm³/mol. The lowest BCUT2D eigenvalue weighted by Crippen LogP contribution is -2.40. The molecule has 3 heterocycles. The highest BCUT2D eigenvalue weighted by molar-refractivity contribution is 5.01. The van der Waals surface area contributed by atoms with Gasteiger partial charge in [0.1, 0.15) is 12.2 Å². The molecule has 0 amide bonds. The Hall–Kier alpha value is -0.200. The van der Waals surface area contributed by atoms with Gasteiger partial charge in [-0.2, -0.15) is 0 Å². The van der Waals surface area contributed by atoms with E-state index in [-0.39, 0.29) is 12.2 Å². The van der Waals surface area contributed by atoms with Crippen LogP contribution in [0.4, 0.5) is 0 Å². The van der Waals surface area contributed by atoms with Crippen LogP contribution in [0.15, 0.2) is 0 Å². The molecule has 0 aromatic rings. The quantitative estimate of drug-likeness (QED) is 0.628. The zero-order chi connectivity index (χ0) is 11.8. The van der Waals surface area contributed by atoms with E-state index in [0.29, 0.717) is 0 Å². The summed E-state index contributed by atoms with van der Waals surface area (Å²) in [5, 5.41) is 0. The van der Waals surface area contributed by atoms with Crippen LogP contribution < -0.4 is 0 Å². The molecule has 3 rings (SSSR count). The van der Waals surface area contributed by atoms with Crippen LogP contribution in [0.25, 0.3) is 0 Å². The van der Waals surface area contributed by atoms with E-state index in [0.717, 1.165) is 0 Å². The largest absolute Gasteiger partial charge is 0.339 e. The fraction of sp³-hybridized carbons (Fsp3) is 1.00. The summed E-state index contributed by atoms with van der Waals surface area (Å²) >= 11 is 0. The van der Waals surface area contributed by atoms with Crippen molar-refractivity contribution in [2.45, 2.75) is 70.5 Å². The maximum absolute atomic E-state index is 5.83. The Morgan fingerprint density at radius 3 is 2.12 bits per heavy atom. The molecule has 3 aliphatic rings. The monoisotopic (exact) mass is 230 g/mol. The number of rotatable bonds is 0. The van der Waals surface area contributed by atoms with Crippen LogP contribution in [0.2, 0.25) is 0 Å². The van der Waals surface area contributed by atoms with E-state index in [1.807, 2.05) is 34.6 Å². The van der Waals surface area contributed by atoms with E-state index in [9.17, 15) is 0 Å². The molecular formula is C11H18O5. The second-order valence-corrected chi connectivity index (χ2v) is 5.64. The van der Waals surface area contributed by atoms with E-state index >= 15 is 0 Å². The van der Waals surface area contributed by atoms with Gasteiger partial charge >= 0.3 is 0 Å². The molecule has 0 radical (unpaired) electrons. The van der Waals surface area contributed by atoms with E-state index < -0.39 is 23.7 Å². The molecule has 4 atom stereocenters. The third kappa shape index (κ3) is 1.43. The number of ether oxygens (including phenoxy) is 5. The van der Waals surface area contributed by atoms with Crippen LogP contribution in [0.1, 0.15) is 34.6 Å². The van der Waals surface area contributed by atoms with E-state index in [4.69, 9.17) is 23.7 Å². The van der Waals surface area contributed by atoms with Gasteiger partial charge in [-0.05, 0) is 34.6 Å². The zero-order valence-corrected chi connectivity index (χ0v) is 10.3. The summed E-state index contributed by atoms with van der Waals surface area (Å²) in [6.07, 6.45) is -0.864. The highest BCUT2D eigenvalue weighted by atomic mass is 16.9. The van der Waals surface area contributed by atoms with Gasteiger partial charge in [-0.1, -0.05) is 0 Å². The van der Waals surface area contributed by atoms with Gasteiger partial charge < -0.3 is 23.7 Å². The fourth-order valence-corrected chi connectivity index (χ4v) is 2.72. The Balaban J connectivity index is 1.86. The molecule has 3 fully saturated rings. The third-order valence-corrected chi connectivity index (χ3v) is 3.11. The first-order valence-electron chi connectivity index (χ1n) is 5.62. The van der Waals surface area contributed by atoms with E-state index in [1.165, 1.54) is 0 Å². The maximum atomic E-state index is 5.83. The Morgan fingerprint density at radius 1 is 0.750 bits per heavy atom. The molecule has 0 bridgehead atoms. The van der Waals surface area contributed by atoms with Crippen LogP contribution in [0, 0.1) is 0 Å². The summed E-state index contributed by atoms with van der Waals surface area (Å²) in [4.78, 5) is 0. The minimum absolute atomic E-state index is 0.221. The van der Waals surface area contributed by atoms with Crippen molar-refractivity contribution in [2.75, 3.05) is 0 Å². The Morgan fingerprint density at radius 2 is 1.44 bits per heavy atom. The second kappa shape index (κ2) is 2.79. The van der Waals surface area contributed by atoms with Crippen molar-refractivity contribution in [1.29, 1.82) is 0 Å². The van der Waals surface area contributed by atoms with E-state index in [1.54, 1.807) is 0 Å². The summed E-state index contributed by atoms with van der Waals surface area (Å²) in [6, 6.07) is 0. The molecule has 1 unspecified atom stereocenters. The van der Waals surface area contributed by atoms with Crippen LogP contribution in [-0.4, -0.2) is 35.9 Å². The van der Waals surface area contributed by atoms with Crippen LogP contribution >= 0.6 is 0 Å². The summed E-state index contributed by atoms with van der Waals surface area (Å²) in [6.45, 7) is 9.34. The molecule has 16 heavy (non-hydrogen) atoms. The van der Waals surface area contributed by atoms with Gasteiger partial charge in [-0.25, -0.2) is 0 Å². The summed E-state index contributed by atoms with van der Waals surface area (Å²) in [5.74, 6) is -2.03. The van der Waals surface area contributed by atoms with Crippen molar-refractivity contribution in [1.82, 2.24) is 0 Å². The Labute approximate surface area is 94.9 Å². The van der Waals surface area contributed by atoms with Gasteiger partial charge in [0.05, 0.1) is 0 Å². The fourth-order valence-electron chi connectivity index (χ4n) is 2.72. The SMILES string of the molecule is CC1(C)OC2[C@H](O1)O[C@@]1(C)OC(C)(C)O[C@@H]21. The summed E-state index contributed by atoms with van der Waals surface area (Å²) < 4.78 is 28.8. The maximum Gasteiger partial charge on any atom is 0.200 e. The Bertz CT molecular complexity index is 326. The van der Waals surface area contributed by atoms with Crippen molar-refractivity contribution < 1.29 is 23.7 Å². The highest BCUT2D eigenvalue weighted by Gasteiger charge is 2.67. The summed E-state index contributed by atoms with van der Waals surface area (Å²) in [7, 11) is 0. The van der Waals surface area contributed by atoms with Gasteiger partial charge in [0.25, 0.3) is 0 Å². The van der Waals surface area contributed by atoms with Gasteiger partial charge in [0.15, 0.2) is 17.9 Å². The van der Waals surface area contributed by atoms with Crippen molar-refractivity contribution >= 4 is 0 Å². The first kappa shape index (κ1) is 10.9. The molecule has 5 nitrogen and oxygen atoms in total. The van der Waals surface area contributed by atoms with Crippen molar-refractivity contribution in [3.63, 3.8) is 0 Å².